The van der Waals surface area contributed by atoms with Crippen molar-refractivity contribution >= 4 is 54.1 Å². The van der Waals surface area contributed by atoms with E-state index in [0.717, 1.165) is 10.5 Å². The highest BCUT2D eigenvalue weighted by Crippen LogP contribution is 2.40. The normalized spacial score (nSPS) is 15.8. The van der Waals surface area contributed by atoms with E-state index >= 15 is 0 Å². The van der Waals surface area contributed by atoms with Crippen LogP contribution in [0, 0.1) is 0 Å². The van der Waals surface area contributed by atoms with Crippen LogP contribution in [0.4, 0.5) is 0 Å². The minimum absolute atomic E-state index is 0.114. The molecule has 4 heteroatoms. The Morgan fingerprint density at radius 2 is 1.62 bits per heavy atom. The SMILES string of the molecule is C1=CNC(c2nc3c(ccc4c5ccccc5n(-c5cccc6ccccc56)c43)s2)C=C1. The zero-order chi connectivity index (χ0) is 21.1. The van der Waals surface area contributed by atoms with Crippen LogP contribution in [0.25, 0.3) is 48.5 Å². The first-order valence-electron chi connectivity index (χ1n) is 10.8. The molecule has 1 aliphatic heterocycles. The standard InChI is InChI=1S/C28H19N3S/c1-2-10-19-18(8-1)9-7-14-23(19)31-24-13-4-3-11-20(24)21-15-16-25-26(27(21)31)30-28(32-25)22-12-5-6-17-29-22/h1-17,22,29H. The summed E-state index contributed by atoms with van der Waals surface area (Å²) >= 11 is 1.76. The molecule has 0 saturated heterocycles. The van der Waals surface area contributed by atoms with E-state index in [1.54, 1.807) is 11.3 Å². The van der Waals surface area contributed by atoms with Crippen LogP contribution in [0.1, 0.15) is 11.0 Å². The number of aromatic nitrogens is 2. The summed E-state index contributed by atoms with van der Waals surface area (Å²) in [6.45, 7) is 0. The summed E-state index contributed by atoms with van der Waals surface area (Å²) in [5, 5.41) is 9.48. The number of dihydropyridines is 1. The van der Waals surface area contributed by atoms with Gasteiger partial charge in [-0.2, -0.15) is 0 Å². The van der Waals surface area contributed by atoms with Crippen molar-refractivity contribution in [3.05, 3.63) is 108 Å². The lowest BCUT2D eigenvalue weighted by molar-refractivity contribution is 0.742. The highest BCUT2D eigenvalue weighted by molar-refractivity contribution is 7.18. The summed E-state index contributed by atoms with van der Waals surface area (Å²) in [7, 11) is 0. The molecule has 1 aliphatic rings. The van der Waals surface area contributed by atoms with E-state index < -0.39 is 0 Å². The van der Waals surface area contributed by atoms with E-state index in [-0.39, 0.29) is 6.04 Å². The van der Waals surface area contributed by atoms with Gasteiger partial charge in [0, 0.05) is 16.2 Å². The number of para-hydroxylation sites is 1. The number of nitrogens with one attached hydrogen (secondary N) is 1. The first-order chi connectivity index (χ1) is 15.9. The largest absolute Gasteiger partial charge is 0.379 e. The molecule has 3 nitrogen and oxygen atoms in total. The third-order valence-electron chi connectivity index (χ3n) is 6.27. The van der Waals surface area contributed by atoms with Crippen molar-refractivity contribution in [2.45, 2.75) is 6.04 Å². The third-order valence-corrected chi connectivity index (χ3v) is 7.37. The molecule has 0 fully saturated rings. The Labute approximate surface area is 188 Å². The van der Waals surface area contributed by atoms with Gasteiger partial charge in [0.05, 0.1) is 27.5 Å². The molecule has 1 unspecified atom stereocenters. The first-order valence-corrected chi connectivity index (χ1v) is 11.6. The number of benzene rings is 4. The van der Waals surface area contributed by atoms with Crippen molar-refractivity contribution < 1.29 is 0 Å². The molecule has 2 aromatic heterocycles. The Bertz CT molecular complexity index is 1710. The fraction of sp³-hybridized carbons (Fsp3) is 0.0357. The summed E-state index contributed by atoms with van der Waals surface area (Å²) in [6.07, 6.45) is 8.24. The molecule has 6 aromatic rings. The highest BCUT2D eigenvalue weighted by Gasteiger charge is 2.20. The Morgan fingerprint density at radius 1 is 0.781 bits per heavy atom. The van der Waals surface area contributed by atoms with Gasteiger partial charge in [-0.3, -0.25) is 0 Å². The molecule has 0 bridgehead atoms. The lowest BCUT2D eigenvalue weighted by atomic mass is 10.1. The monoisotopic (exact) mass is 429 g/mol. The van der Waals surface area contributed by atoms with Crippen LogP contribution in [0.2, 0.25) is 0 Å². The zero-order valence-corrected chi connectivity index (χ0v) is 18.0. The molecule has 4 aromatic carbocycles. The maximum Gasteiger partial charge on any atom is 0.120 e. The summed E-state index contributed by atoms with van der Waals surface area (Å²) in [6, 6.07) is 28.4. The molecule has 32 heavy (non-hydrogen) atoms. The van der Waals surface area contributed by atoms with Crippen molar-refractivity contribution in [1.82, 2.24) is 14.9 Å². The minimum atomic E-state index is 0.114. The smallest absolute Gasteiger partial charge is 0.120 e. The van der Waals surface area contributed by atoms with Crippen LogP contribution in [0.15, 0.2) is 103 Å². The number of allylic oxidation sites excluding steroid dienone is 2. The van der Waals surface area contributed by atoms with Gasteiger partial charge in [-0.15, -0.1) is 11.3 Å². The lowest BCUT2D eigenvalue weighted by Crippen LogP contribution is -2.14. The van der Waals surface area contributed by atoms with E-state index in [1.165, 1.54) is 43.0 Å². The summed E-state index contributed by atoms with van der Waals surface area (Å²) < 4.78 is 3.62. The number of hydrogen-bond acceptors (Lipinski definition) is 3. The average molecular weight is 430 g/mol. The van der Waals surface area contributed by atoms with Gasteiger partial charge >= 0.3 is 0 Å². The van der Waals surface area contributed by atoms with Gasteiger partial charge in [0.2, 0.25) is 0 Å². The Morgan fingerprint density at radius 3 is 2.53 bits per heavy atom. The van der Waals surface area contributed by atoms with Gasteiger partial charge in [-0.05, 0) is 35.9 Å². The number of thiazole rings is 1. The van der Waals surface area contributed by atoms with Crippen molar-refractivity contribution in [2.24, 2.45) is 0 Å². The second-order valence-corrected chi connectivity index (χ2v) is 9.16. The molecule has 0 aliphatic carbocycles. The van der Waals surface area contributed by atoms with E-state index in [2.05, 4.69) is 101 Å². The average Bonchev–Trinajstić information content (AvgIpc) is 3.44. The minimum Gasteiger partial charge on any atom is -0.379 e. The maximum absolute atomic E-state index is 5.18. The number of rotatable bonds is 2. The number of nitrogens with zero attached hydrogens (tertiary/aromatic N) is 2. The molecule has 0 radical (unpaired) electrons. The maximum atomic E-state index is 5.18. The molecular formula is C28H19N3S. The first kappa shape index (κ1) is 17.8. The summed E-state index contributed by atoms with van der Waals surface area (Å²) in [4.78, 5) is 5.18. The van der Waals surface area contributed by atoms with Crippen LogP contribution in [-0.2, 0) is 0 Å². The van der Waals surface area contributed by atoms with Crippen molar-refractivity contribution in [1.29, 1.82) is 0 Å². The molecule has 0 amide bonds. The predicted octanol–water partition coefficient (Wildman–Crippen LogP) is 7.26. The van der Waals surface area contributed by atoms with Gasteiger partial charge in [0.15, 0.2) is 0 Å². The van der Waals surface area contributed by atoms with Crippen LogP contribution in [-0.4, -0.2) is 9.55 Å². The van der Waals surface area contributed by atoms with Crippen LogP contribution < -0.4 is 5.32 Å². The van der Waals surface area contributed by atoms with Crippen molar-refractivity contribution in [3.8, 4) is 5.69 Å². The Balaban J connectivity index is 1.62. The number of hydrogen-bond donors (Lipinski definition) is 1. The molecule has 152 valence electrons. The summed E-state index contributed by atoms with van der Waals surface area (Å²) in [5.41, 5.74) is 4.64. The van der Waals surface area contributed by atoms with Crippen molar-refractivity contribution in [2.75, 3.05) is 0 Å². The molecule has 0 spiro atoms. The quantitative estimate of drug-likeness (QED) is 0.314. The molecule has 0 saturated carbocycles. The molecule has 7 rings (SSSR count). The fourth-order valence-electron chi connectivity index (χ4n) is 4.84. The predicted molar refractivity (Wildman–Crippen MR) is 136 cm³/mol. The molecule has 1 N–H and O–H groups in total. The Hall–Kier alpha value is -3.89. The Kier molecular flexibility index (Phi) is 3.78. The summed E-state index contributed by atoms with van der Waals surface area (Å²) in [5.74, 6) is 0. The van der Waals surface area contributed by atoms with Gasteiger partial charge in [-0.25, -0.2) is 4.98 Å². The van der Waals surface area contributed by atoms with E-state index in [1.807, 2.05) is 12.3 Å². The topological polar surface area (TPSA) is 29.9 Å². The second-order valence-electron chi connectivity index (χ2n) is 8.10. The van der Waals surface area contributed by atoms with Gasteiger partial charge in [0.1, 0.15) is 10.5 Å². The van der Waals surface area contributed by atoms with Crippen LogP contribution in [0.3, 0.4) is 0 Å². The van der Waals surface area contributed by atoms with E-state index in [9.17, 15) is 0 Å². The van der Waals surface area contributed by atoms with Crippen molar-refractivity contribution in [3.63, 3.8) is 0 Å². The second kappa shape index (κ2) is 6.81. The highest BCUT2D eigenvalue weighted by atomic mass is 32.1. The van der Waals surface area contributed by atoms with Gasteiger partial charge in [-0.1, -0.05) is 72.8 Å². The van der Waals surface area contributed by atoms with Gasteiger partial charge < -0.3 is 9.88 Å². The van der Waals surface area contributed by atoms with Crippen LogP contribution >= 0.6 is 11.3 Å². The molecule has 1 atom stereocenters. The molecular weight excluding hydrogens is 410 g/mol. The van der Waals surface area contributed by atoms with E-state index in [0.29, 0.717) is 0 Å². The lowest BCUT2D eigenvalue weighted by Gasteiger charge is -2.12. The third kappa shape index (κ3) is 2.50. The molecule has 3 heterocycles. The number of fused-ring (bicyclic) bond motifs is 6. The fourth-order valence-corrected chi connectivity index (χ4v) is 5.85. The van der Waals surface area contributed by atoms with E-state index in [4.69, 9.17) is 4.98 Å². The van der Waals surface area contributed by atoms with Gasteiger partial charge in [0.25, 0.3) is 0 Å². The van der Waals surface area contributed by atoms with Crippen LogP contribution in [0.5, 0.6) is 0 Å². The zero-order valence-electron chi connectivity index (χ0n) is 17.2.